The third kappa shape index (κ3) is 2.96. The number of thiazole rings is 1. The fourth-order valence-electron chi connectivity index (χ4n) is 2.29. The molecule has 0 bridgehead atoms. The van der Waals surface area contributed by atoms with Gasteiger partial charge in [-0.3, -0.25) is 10.3 Å². The zero-order valence-electron chi connectivity index (χ0n) is 11.2. The number of carbonyl (C=O) groups is 1. The minimum atomic E-state index is -0.280. The molecular weight excluding hydrogens is 272 g/mol. The van der Waals surface area contributed by atoms with Crippen molar-refractivity contribution in [1.29, 1.82) is 0 Å². The highest BCUT2D eigenvalue weighted by atomic mass is 32.1. The zero-order valence-corrected chi connectivity index (χ0v) is 12.0. The smallest absolute Gasteiger partial charge is 0.306 e. The molecule has 20 heavy (non-hydrogen) atoms. The second-order valence-corrected chi connectivity index (χ2v) is 6.14. The minimum Gasteiger partial charge on any atom is -0.306 e. The normalized spacial score (nSPS) is 17.4. The number of carbonyl (C=O) groups excluding carboxylic acids is 1. The zero-order chi connectivity index (χ0) is 13.9. The van der Waals surface area contributed by atoms with E-state index in [-0.39, 0.29) is 6.03 Å². The maximum atomic E-state index is 11.9. The third-order valence-electron chi connectivity index (χ3n) is 3.33. The molecule has 0 saturated heterocycles. The average Bonchev–Trinajstić information content (AvgIpc) is 2.80. The van der Waals surface area contributed by atoms with Gasteiger partial charge in [0.1, 0.15) is 0 Å². The number of nitrogens with zero attached hydrogens (tertiary/aromatic N) is 2. The molecule has 0 unspecified atom stereocenters. The lowest BCUT2D eigenvalue weighted by Crippen LogP contribution is -2.19. The Morgan fingerprint density at radius 3 is 3.15 bits per heavy atom. The van der Waals surface area contributed by atoms with E-state index in [1.807, 2.05) is 0 Å². The number of fused-ring (bicyclic) bond motifs is 1. The number of nitrogens with one attached hydrogen (secondary N) is 2. The Hall–Kier alpha value is -1.95. The van der Waals surface area contributed by atoms with Crippen LogP contribution in [0.2, 0.25) is 0 Å². The maximum Gasteiger partial charge on any atom is 0.325 e. The lowest BCUT2D eigenvalue weighted by atomic mass is 9.93. The number of pyridine rings is 1. The van der Waals surface area contributed by atoms with Gasteiger partial charge in [0.25, 0.3) is 0 Å². The summed E-state index contributed by atoms with van der Waals surface area (Å²) in [5.74, 6) is 0.708. The number of aryl methyl sites for hydroxylation is 1. The standard InChI is InChI=1S/C14H16N4OS/c1-9-4-5-11-12(7-9)20-14(17-11)18-13(19)16-10-3-2-6-15-8-10/h2-3,6,8-9H,4-5,7H2,1H3,(H2,16,17,18,19)/t9-/m0/s1. The van der Waals surface area contributed by atoms with Gasteiger partial charge in [-0.1, -0.05) is 6.92 Å². The number of rotatable bonds is 2. The molecule has 0 radical (unpaired) electrons. The van der Waals surface area contributed by atoms with Gasteiger partial charge in [-0.05, 0) is 37.3 Å². The molecule has 2 amide bonds. The number of hydrogen-bond donors (Lipinski definition) is 2. The van der Waals surface area contributed by atoms with Crippen LogP contribution in [0.15, 0.2) is 24.5 Å². The number of anilines is 2. The van der Waals surface area contributed by atoms with Crippen LogP contribution in [0.25, 0.3) is 0 Å². The first-order valence-corrected chi connectivity index (χ1v) is 7.49. The summed E-state index contributed by atoms with van der Waals surface area (Å²) < 4.78 is 0. The number of amides is 2. The summed E-state index contributed by atoms with van der Waals surface area (Å²) in [4.78, 5) is 21.6. The van der Waals surface area contributed by atoms with E-state index in [1.54, 1.807) is 35.9 Å². The van der Waals surface area contributed by atoms with Crippen LogP contribution in [0.4, 0.5) is 15.6 Å². The summed E-state index contributed by atoms with van der Waals surface area (Å²) in [5, 5.41) is 6.20. The Balaban J connectivity index is 1.65. The van der Waals surface area contributed by atoms with Gasteiger partial charge in [-0.25, -0.2) is 9.78 Å². The summed E-state index contributed by atoms with van der Waals surface area (Å²) in [7, 11) is 0. The molecule has 0 fully saturated rings. The largest absolute Gasteiger partial charge is 0.325 e. The van der Waals surface area contributed by atoms with Gasteiger partial charge in [0.05, 0.1) is 17.6 Å². The Kier molecular flexibility index (Phi) is 3.64. The highest BCUT2D eigenvalue weighted by molar-refractivity contribution is 7.15. The van der Waals surface area contributed by atoms with Crippen molar-refractivity contribution in [1.82, 2.24) is 9.97 Å². The van der Waals surface area contributed by atoms with Crippen LogP contribution in [0, 0.1) is 5.92 Å². The molecule has 2 aromatic heterocycles. The van der Waals surface area contributed by atoms with Gasteiger partial charge in [0.15, 0.2) is 5.13 Å². The number of aromatic nitrogens is 2. The number of urea groups is 1. The van der Waals surface area contributed by atoms with Gasteiger partial charge >= 0.3 is 6.03 Å². The van der Waals surface area contributed by atoms with Crippen LogP contribution in [0.1, 0.15) is 23.9 Å². The lowest BCUT2D eigenvalue weighted by Gasteiger charge is -2.15. The molecule has 1 aliphatic carbocycles. The molecule has 0 spiro atoms. The van der Waals surface area contributed by atoms with E-state index in [0.29, 0.717) is 16.7 Å². The van der Waals surface area contributed by atoms with Crippen molar-refractivity contribution in [3.8, 4) is 0 Å². The third-order valence-corrected chi connectivity index (χ3v) is 4.36. The molecule has 0 aliphatic heterocycles. The Labute approximate surface area is 121 Å². The lowest BCUT2D eigenvalue weighted by molar-refractivity contribution is 0.262. The summed E-state index contributed by atoms with van der Waals surface area (Å²) in [6, 6.07) is 3.29. The first-order chi connectivity index (χ1) is 9.70. The second-order valence-electron chi connectivity index (χ2n) is 5.06. The fourth-order valence-corrected chi connectivity index (χ4v) is 3.46. The van der Waals surface area contributed by atoms with Crippen LogP contribution >= 0.6 is 11.3 Å². The van der Waals surface area contributed by atoms with Gasteiger partial charge in [-0.2, -0.15) is 0 Å². The second kappa shape index (κ2) is 5.58. The SMILES string of the molecule is C[C@H]1CCc2nc(NC(=O)Nc3cccnc3)sc2C1. The maximum absolute atomic E-state index is 11.9. The molecule has 3 rings (SSSR count). The molecule has 104 valence electrons. The molecular formula is C14H16N4OS. The van der Waals surface area contributed by atoms with Crippen LogP contribution < -0.4 is 10.6 Å². The first-order valence-electron chi connectivity index (χ1n) is 6.67. The van der Waals surface area contributed by atoms with Crippen molar-refractivity contribution in [3.05, 3.63) is 35.1 Å². The molecule has 0 saturated carbocycles. The van der Waals surface area contributed by atoms with Crippen molar-refractivity contribution in [2.24, 2.45) is 5.92 Å². The van der Waals surface area contributed by atoms with E-state index in [2.05, 4.69) is 27.5 Å². The average molecular weight is 288 g/mol. The molecule has 6 heteroatoms. The van der Waals surface area contributed by atoms with Crippen molar-refractivity contribution in [3.63, 3.8) is 0 Å². The van der Waals surface area contributed by atoms with Crippen LogP contribution in [-0.2, 0) is 12.8 Å². The monoisotopic (exact) mass is 288 g/mol. The first kappa shape index (κ1) is 13.1. The van der Waals surface area contributed by atoms with Crippen molar-refractivity contribution in [2.45, 2.75) is 26.2 Å². The highest BCUT2D eigenvalue weighted by Gasteiger charge is 2.20. The predicted octanol–water partition coefficient (Wildman–Crippen LogP) is 3.31. The Morgan fingerprint density at radius 2 is 2.35 bits per heavy atom. The molecule has 1 aliphatic rings. The molecule has 1 atom stereocenters. The minimum absolute atomic E-state index is 0.280. The summed E-state index contributed by atoms with van der Waals surface area (Å²) in [5.41, 5.74) is 1.81. The Morgan fingerprint density at radius 1 is 1.45 bits per heavy atom. The summed E-state index contributed by atoms with van der Waals surface area (Å²) in [6.45, 7) is 2.25. The quantitative estimate of drug-likeness (QED) is 0.891. The van der Waals surface area contributed by atoms with Crippen LogP contribution in [0.5, 0.6) is 0 Å². The van der Waals surface area contributed by atoms with Gasteiger partial charge in [-0.15, -0.1) is 11.3 Å². The van der Waals surface area contributed by atoms with Gasteiger partial charge < -0.3 is 5.32 Å². The van der Waals surface area contributed by atoms with Crippen molar-refractivity contribution < 1.29 is 4.79 Å². The Bertz CT molecular complexity index is 611. The molecule has 5 nitrogen and oxygen atoms in total. The molecule has 2 heterocycles. The topological polar surface area (TPSA) is 66.9 Å². The van der Waals surface area contributed by atoms with E-state index in [9.17, 15) is 4.79 Å². The number of hydrogen-bond acceptors (Lipinski definition) is 4. The summed E-state index contributed by atoms with van der Waals surface area (Å²) in [6.07, 6.45) is 6.53. The van der Waals surface area contributed by atoms with E-state index in [4.69, 9.17) is 0 Å². The van der Waals surface area contributed by atoms with E-state index in [1.165, 1.54) is 11.3 Å². The summed E-state index contributed by atoms with van der Waals surface area (Å²) >= 11 is 1.58. The van der Waals surface area contributed by atoms with E-state index in [0.717, 1.165) is 18.5 Å². The predicted molar refractivity (Wildman–Crippen MR) is 80.2 cm³/mol. The van der Waals surface area contributed by atoms with E-state index >= 15 is 0 Å². The molecule has 2 aromatic rings. The highest BCUT2D eigenvalue weighted by Crippen LogP contribution is 2.32. The van der Waals surface area contributed by atoms with Crippen LogP contribution in [-0.4, -0.2) is 16.0 Å². The van der Waals surface area contributed by atoms with Gasteiger partial charge in [0, 0.05) is 11.1 Å². The van der Waals surface area contributed by atoms with Crippen molar-refractivity contribution >= 4 is 28.2 Å². The molecule has 2 N–H and O–H groups in total. The van der Waals surface area contributed by atoms with Crippen molar-refractivity contribution in [2.75, 3.05) is 10.6 Å². The fraction of sp³-hybridized carbons (Fsp3) is 0.357. The van der Waals surface area contributed by atoms with Crippen LogP contribution in [0.3, 0.4) is 0 Å². The van der Waals surface area contributed by atoms with Gasteiger partial charge in [0.2, 0.25) is 0 Å². The van der Waals surface area contributed by atoms with E-state index < -0.39 is 0 Å². The molecule has 0 aromatic carbocycles.